The Labute approximate surface area is 138 Å². The monoisotopic (exact) mass is 343 g/mol. The van der Waals surface area contributed by atoms with Gasteiger partial charge in [-0.15, -0.1) is 0 Å². The minimum Gasteiger partial charge on any atom is -0.444 e. The molecule has 0 radical (unpaired) electrons. The van der Waals surface area contributed by atoms with Crippen molar-refractivity contribution in [1.29, 1.82) is 0 Å². The van der Waals surface area contributed by atoms with Crippen LogP contribution in [0.5, 0.6) is 0 Å². The smallest absolute Gasteiger partial charge is 0.410 e. The molecule has 0 saturated heterocycles. The first-order chi connectivity index (χ1) is 10.5. The maximum absolute atomic E-state index is 12.0. The van der Waals surface area contributed by atoms with E-state index in [2.05, 4.69) is 0 Å². The summed E-state index contributed by atoms with van der Waals surface area (Å²) in [6.45, 7) is 7.59. The van der Waals surface area contributed by atoms with Gasteiger partial charge in [0, 0.05) is 13.6 Å². The molecule has 0 unspecified atom stereocenters. The largest absolute Gasteiger partial charge is 0.444 e. The minimum atomic E-state index is -3.76. The van der Waals surface area contributed by atoms with Crippen LogP contribution >= 0.6 is 0 Å². The maximum Gasteiger partial charge on any atom is 0.410 e. The summed E-state index contributed by atoms with van der Waals surface area (Å²) in [5.74, 6) is 0. The van der Waals surface area contributed by atoms with E-state index in [0.717, 1.165) is 5.56 Å². The Kier molecular flexibility index (Phi) is 6.58. The number of ether oxygens (including phenoxy) is 1. The van der Waals surface area contributed by atoms with Gasteiger partial charge in [-0.2, -0.15) is 8.42 Å². The fraction of sp³-hybridized carbons (Fsp3) is 0.562. The number of hydrogen-bond donors (Lipinski definition) is 0. The fourth-order valence-electron chi connectivity index (χ4n) is 1.67. The van der Waals surface area contributed by atoms with E-state index in [1.807, 2.05) is 6.92 Å². The molecule has 0 N–H and O–H groups in total. The number of nitrogens with zero attached hydrogens (tertiary/aromatic N) is 1. The van der Waals surface area contributed by atoms with Crippen molar-refractivity contribution in [3.05, 3.63) is 29.8 Å². The van der Waals surface area contributed by atoms with E-state index in [0.29, 0.717) is 13.0 Å². The molecule has 0 saturated carbocycles. The molecule has 7 heteroatoms. The van der Waals surface area contributed by atoms with Gasteiger partial charge in [0.2, 0.25) is 0 Å². The van der Waals surface area contributed by atoms with Crippen molar-refractivity contribution in [3.63, 3.8) is 0 Å². The van der Waals surface area contributed by atoms with Crippen LogP contribution in [-0.2, 0) is 19.0 Å². The van der Waals surface area contributed by atoms with E-state index in [1.165, 1.54) is 17.0 Å². The highest BCUT2D eigenvalue weighted by Gasteiger charge is 2.20. The SMILES string of the molecule is Cc1ccc(S(=O)(=O)OCCCN(C)C(=O)OC(C)(C)C)cc1. The molecule has 23 heavy (non-hydrogen) atoms. The predicted octanol–water partition coefficient (Wildman–Crippen LogP) is 2.96. The molecule has 0 aliphatic carbocycles. The number of carbonyl (C=O) groups is 1. The lowest BCUT2D eigenvalue weighted by Gasteiger charge is -2.24. The van der Waals surface area contributed by atoms with Crippen LogP contribution in [0.4, 0.5) is 4.79 Å². The third-order valence-corrected chi connectivity index (χ3v) is 4.22. The van der Waals surface area contributed by atoms with Crippen LogP contribution in [-0.4, -0.2) is 45.2 Å². The first-order valence-electron chi connectivity index (χ1n) is 7.41. The molecule has 0 heterocycles. The lowest BCUT2D eigenvalue weighted by Crippen LogP contribution is -2.35. The number of carbonyl (C=O) groups excluding carboxylic acids is 1. The van der Waals surface area contributed by atoms with Crippen molar-refractivity contribution < 1.29 is 22.1 Å². The van der Waals surface area contributed by atoms with E-state index in [4.69, 9.17) is 8.92 Å². The molecule has 0 spiro atoms. The Morgan fingerprint density at radius 2 is 1.74 bits per heavy atom. The Hall–Kier alpha value is -1.60. The third-order valence-electron chi connectivity index (χ3n) is 2.89. The van der Waals surface area contributed by atoms with Gasteiger partial charge in [0.15, 0.2) is 0 Å². The molecule has 0 aromatic heterocycles. The zero-order valence-corrected chi connectivity index (χ0v) is 15.1. The molecule has 6 nitrogen and oxygen atoms in total. The summed E-state index contributed by atoms with van der Waals surface area (Å²) < 4.78 is 34.2. The van der Waals surface area contributed by atoms with Crippen molar-refractivity contribution >= 4 is 16.2 Å². The van der Waals surface area contributed by atoms with Crippen LogP contribution < -0.4 is 0 Å². The standard InChI is InChI=1S/C16H25NO5S/c1-13-7-9-14(10-8-13)23(19,20)21-12-6-11-17(5)15(18)22-16(2,3)4/h7-10H,6,11-12H2,1-5H3. The molecule has 0 fully saturated rings. The zero-order valence-electron chi connectivity index (χ0n) is 14.3. The summed E-state index contributed by atoms with van der Waals surface area (Å²) in [6, 6.07) is 6.45. The van der Waals surface area contributed by atoms with Gasteiger partial charge in [0.05, 0.1) is 11.5 Å². The summed E-state index contributed by atoms with van der Waals surface area (Å²) in [4.78, 5) is 13.3. The second kappa shape index (κ2) is 7.79. The molecule has 0 aliphatic heterocycles. The molecule has 0 atom stereocenters. The van der Waals surface area contributed by atoms with E-state index in [-0.39, 0.29) is 11.5 Å². The highest BCUT2D eigenvalue weighted by atomic mass is 32.2. The zero-order chi connectivity index (χ0) is 17.7. The summed E-state index contributed by atoms with van der Waals surface area (Å²) >= 11 is 0. The first-order valence-corrected chi connectivity index (χ1v) is 8.82. The van der Waals surface area contributed by atoms with Gasteiger partial charge in [-0.05, 0) is 46.2 Å². The number of amides is 1. The van der Waals surface area contributed by atoms with E-state index in [9.17, 15) is 13.2 Å². The Balaban J connectivity index is 2.42. The lowest BCUT2D eigenvalue weighted by molar-refractivity contribution is 0.0292. The molecule has 130 valence electrons. The number of aryl methyl sites for hydroxylation is 1. The Morgan fingerprint density at radius 1 is 1.17 bits per heavy atom. The van der Waals surface area contributed by atoms with Crippen molar-refractivity contribution in [2.45, 2.75) is 44.6 Å². The normalized spacial score (nSPS) is 12.0. The highest BCUT2D eigenvalue weighted by Crippen LogP contribution is 2.14. The number of benzene rings is 1. The quantitative estimate of drug-likeness (QED) is 0.586. The van der Waals surface area contributed by atoms with E-state index in [1.54, 1.807) is 40.0 Å². The minimum absolute atomic E-state index is 0.00332. The number of rotatable bonds is 6. The van der Waals surface area contributed by atoms with Gasteiger partial charge in [-0.1, -0.05) is 17.7 Å². The van der Waals surface area contributed by atoms with Crippen LogP contribution in [0.25, 0.3) is 0 Å². The predicted molar refractivity (Wildman–Crippen MR) is 87.8 cm³/mol. The fourth-order valence-corrected chi connectivity index (χ4v) is 2.62. The average Bonchev–Trinajstić information content (AvgIpc) is 2.42. The van der Waals surface area contributed by atoms with Crippen molar-refractivity contribution in [1.82, 2.24) is 4.90 Å². The van der Waals surface area contributed by atoms with Gasteiger partial charge in [-0.3, -0.25) is 4.18 Å². The van der Waals surface area contributed by atoms with Crippen molar-refractivity contribution in [3.8, 4) is 0 Å². The molecular formula is C16H25NO5S. The second-order valence-corrected chi connectivity index (χ2v) is 7.96. The van der Waals surface area contributed by atoms with Crippen LogP contribution in [0, 0.1) is 6.92 Å². The average molecular weight is 343 g/mol. The lowest BCUT2D eigenvalue weighted by atomic mass is 10.2. The topological polar surface area (TPSA) is 72.9 Å². The summed E-state index contributed by atoms with van der Waals surface area (Å²) in [7, 11) is -2.16. The third kappa shape index (κ3) is 7.00. The maximum atomic E-state index is 12.0. The molecule has 1 aromatic carbocycles. The Bertz CT molecular complexity index is 617. The van der Waals surface area contributed by atoms with Crippen molar-refractivity contribution in [2.24, 2.45) is 0 Å². The molecule has 0 bridgehead atoms. The van der Waals surface area contributed by atoms with Gasteiger partial charge in [-0.25, -0.2) is 4.79 Å². The molecule has 1 amide bonds. The van der Waals surface area contributed by atoms with E-state index >= 15 is 0 Å². The summed E-state index contributed by atoms with van der Waals surface area (Å²) in [6.07, 6.45) is -0.0558. The molecule has 0 aliphatic rings. The van der Waals surface area contributed by atoms with Crippen LogP contribution in [0.3, 0.4) is 0 Å². The first kappa shape index (κ1) is 19.4. The van der Waals surface area contributed by atoms with Crippen LogP contribution in [0.2, 0.25) is 0 Å². The van der Waals surface area contributed by atoms with Crippen molar-refractivity contribution in [2.75, 3.05) is 20.2 Å². The highest BCUT2D eigenvalue weighted by molar-refractivity contribution is 7.86. The van der Waals surface area contributed by atoms with Gasteiger partial charge < -0.3 is 9.64 Å². The molecular weight excluding hydrogens is 318 g/mol. The van der Waals surface area contributed by atoms with Gasteiger partial charge >= 0.3 is 6.09 Å². The van der Waals surface area contributed by atoms with Gasteiger partial charge in [0.1, 0.15) is 5.60 Å². The van der Waals surface area contributed by atoms with Gasteiger partial charge in [0.25, 0.3) is 10.1 Å². The summed E-state index contributed by atoms with van der Waals surface area (Å²) in [5, 5.41) is 0. The molecule has 1 rings (SSSR count). The van der Waals surface area contributed by atoms with Crippen LogP contribution in [0.15, 0.2) is 29.2 Å². The molecule has 1 aromatic rings. The summed E-state index contributed by atoms with van der Waals surface area (Å²) in [5.41, 5.74) is 0.416. The number of hydrogen-bond acceptors (Lipinski definition) is 5. The van der Waals surface area contributed by atoms with Crippen LogP contribution in [0.1, 0.15) is 32.8 Å². The second-order valence-electron chi connectivity index (χ2n) is 6.34. The van der Waals surface area contributed by atoms with E-state index < -0.39 is 21.8 Å². The Morgan fingerprint density at radius 3 is 2.26 bits per heavy atom.